The fourth-order valence-corrected chi connectivity index (χ4v) is 10.9. The molecule has 2 saturated carbocycles. The molecule has 3 aliphatic rings. The van der Waals surface area contributed by atoms with Gasteiger partial charge in [0.15, 0.2) is 51.0 Å². The third kappa shape index (κ3) is 12.2. The smallest absolute Gasteiger partial charge is 0.276 e. The normalized spacial score (nSPS) is 13.3. The lowest BCUT2D eigenvalue weighted by molar-refractivity contribution is 0.0646. The van der Waals surface area contributed by atoms with Crippen LogP contribution in [0, 0.1) is 17.1 Å². The molecule has 0 unspecified atom stereocenters. The Bertz CT molecular complexity index is 5590. The molecule has 3 fully saturated rings. The highest BCUT2D eigenvalue weighted by Gasteiger charge is 2.32. The van der Waals surface area contributed by atoms with E-state index in [0.29, 0.717) is 85.0 Å². The standard InChI is InChI=1S/C17H12ClFN6O.C17H14N6O.C16H13N7O.C16H12N6O/c1-24-9-11(8-21-24)22-17(26)15-16(10-4-5-12(18)13(19)7-10)25-14(23-15)3-2-6-20-25;24-17(21-9-2-10-21)15-16(23-14(20-15)3-1-7-19-23)12-4-5-13-6-8-18-22(13)11-12;24-16(20-11-4-5-11)14-15(23-13(21-14)2-1-7-18-23)10-3-6-12-17-9-19-22(12)8-10;17-8-12-4-3-10(9-18-12)15-14(16(23)20-11-5-6-11)21-13-2-1-7-19-22(13)15/h2-9H,1H3,(H,22,26);1,3-8,11H,2,9-10H2;1-3,6-9,11H,4-5H2,(H,20,24);1-4,7,9,11H,5-6H2,(H,20,23). The molecule has 1 saturated heterocycles. The van der Waals surface area contributed by atoms with Gasteiger partial charge in [0.25, 0.3) is 23.6 Å². The third-order valence-corrected chi connectivity index (χ3v) is 16.2. The molecule has 14 aromatic heterocycles. The largest absolute Gasteiger partial charge is 0.348 e. The number of halogens is 2. The fourth-order valence-electron chi connectivity index (χ4n) is 10.8. The van der Waals surface area contributed by atoms with Crippen LogP contribution in [0.2, 0.25) is 5.02 Å². The van der Waals surface area contributed by atoms with Crippen LogP contribution in [0.15, 0.2) is 177 Å². The van der Waals surface area contributed by atoms with Gasteiger partial charge < -0.3 is 20.9 Å². The Morgan fingerprint density at radius 2 is 1.05 bits per heavy atom. The molecular weight excluding hydrogens is 1260 g/mol. The highest BCUT2D eigenvalue weighted by atomic mass is 35.5. The monoisotopic (exact) mass is 1310 g/mol. The van der Waals surface area contributed by atoms with Crippen LogP contribution < -0.4 is 16.0 Å². The van der Waals surface area contributed by atoms with E-state index in [2.05, 4.69) is 81.5 Å². The first kappa shape index (κ1) is 60.2. The van der Waals surface area contributed by atoms with Crippen LogP contribution in [-0.4, -0.2) is 151 Å². The minimum absolute atomic E-state index is 0.00288. The second-order valence-electron chi connectivity index (χ2n) is 22.7. The van der Waals surface area contributed by atoms with Gasteiger partial charge in [0.1, 0.15) is 46.7 Å². The van der Waals surface area contributed by atoms with E-state index in [4.69, 9.17) is 16.9 Å². The van der Waals surface area contributed by atoms with Crippen LogP contribution in [0.3, 0.4) is 0 Å². The van der Waals surface area contributed by atoms with Crippen molar-refractivity contribution < 1.29 is 23.6 Å². The molecule has 1 aliphatic heterocycles. The molecule has 4 amide bonds. The summed E-state index contributed by atoms with van der Waals surface area (Å²) in [6, 6.07) is 34.1. The number of rotatable bonds is 11. The van der Waals surface area contributed by atoms with Gasteiger partial charge >= 0.3 is 0 Å². The fraction of sp³-hybridized carbons (Fsp3) is 0.152. The minimum atomic E-state index is -0.589. The van der Waals surface area contributed by atoms with Crippen molar-refractivity contribution in [2.75, 3.05) is 18.4 Å². The number of nitriles is 1. The number of nitrogens with zero attached hydrogens (tertiary/aromatic N) is 22. The van der Waals surface area contributed by atoms with Crippen molar-refractivity contribution in [3.05, 3.63) is 217 Å². The number of hydrogen-bond donors (Lipinski definition) is 3. The van der Waals surface area contributed by atoms with Crippen molar-refractivity contribution >= 4 is 74.7 Å². The van der Waals surface area contributed by atoms with Crippen LogP contribution in [-0.2, 0) is 7.05 Å². The average Bonchev–Trinajstić information content (AvgIpc) is 1.65. The molecule has 0 radical (unpaired) electrons. The third-order valence-electron chi connectivity index (χ3n) is 15.9. The second-order valence-corrected chi connectivity index (χ2v) is 23.1. The number of carbonyl (C=O) groups excluding carboxylic acids is 4. The first-order valence-corrected chi connectivity index (χ1v) is 30.9. The summed E-state index contributed by atoms with van der Waals surface area (Å²) in [7, 11) is 1.74. The van der Waals surface area contributed by atoms with Crippen LogP contribution in [0.25, 0.3) is 78.8 Å². The number of aromatic nitrogens is 20. The summed E-state index contributed by atoms with van der Waals surface area (Å²) >= 11 is 5.77. The summed E-state index contributed by atoms with van der Waals surface area (Å²) in [6.45, 7) is 1.58. The summed E-state index contributed by atoms with van der Waals surface area (Å²) < 4.78 is 25.5. The van der Waals surface area contributed by atoms with Crippen molar-refractivity contribution in [1.82, 2.24) is 113 Å². The summed E-state index contributed by atoms with van der Waals surface area (Å²) in [5.41, 5.74) is 11.3. The number of nitrogens with one attached hydrogen (secondary N) is 3. The molecular formula is C66H51ClFN25O4. The molecule has 29 nitrogen and oxygen atoms in total. The number of amides is 4. The number of pyridine rings is 3. The predicted molar refractivity (Wildman–Crippen MR) is 349 cm³/mol. The number of aryl methyl sites for hydroxylation is 1. The molecule has 15 aromatic rings. The van der Waals surface area contributed by atoms with Crippen molar-refractivity contribution in [3.8, 4) is 51.1 Å². The van der Waals surface area contributed by atoms with E-state index >= 15 is 0 Å². The van der Waals surface area contributed by atoms with Crippen molar-refractivity contribution in [3.63, 3.8) is 0 Å². The molecule has 0 spiro atoms. The molecule has 2 aliphatic carbocycles. The lowest BCUT2D eigenvalue weighted by atomic mass is 10.1. The number of carbonyl (C=O) groups is 4. The molecule has 478 valence electrons. The lowest BCUT2D eigenvalue weighted by Gasteiger charge is -2.30. The van der Waals surface area contributed by atoms with E-state index < -0.39 is 11.7 Å². The molecule has 97 heavy (non-hydrogen) atoms. The van der Waals surface area contributed by atoms with Gasteiger partial charge in [0, 0.05) is 110 Å². The Morgan fingerprint density at radius 1 is 0.526 bits per heavy atom. The minimum Gasteiger partial charge on any atom is -0.348 e. The molecule has 15 heterocycles. The van der Waals surface area contributed by atoms with Gasteiger partial charge in [-0.2, -0.15) is 41.0 Å². The van der Waals surface area contributed by atoms with Crippen LogP contribution in [0.1, 0.15) is 79.8 Å². The zero-order valence-electron chi connectivity index (χ0n) is 51.1. The van der Waals surface area contributed by atoms with E-state index in [-0.39, 0.29) is 40.5 Å². The van der Waals surface area contributed by atoms with Gasteiger partial charge in [-0.3, -0.25) is 23.9 Å². The summed E-state index contributed by atoms with van der Waals surface area (Å²) in [6.07, 6.45) is 23.4. The number of benzene rings is 1. The van der Waals surface area contributed by atoms with E-state index in [0.717, 1.165) is 67.5 Å². The molecule has 18 rings (SSSR count). The summed E-state index contributed by atoms with van der Waals surface area (Å²) in [5.74, 6) is -1.46. The molecule has 3 N–H and O–H groups in total. The Hall–Kier alpha value is -13.0. The van der Waals surface area contributed by atoms with Crippen molar-refractivity contribution in [2.24, 2.45) is 7.05 Å². The van der Waals surface area contributed by atoms with Crippen LogP contribution >= 0.6 is 11.6 Å². The Kier molecular flexibility index (Phi) is 15.8. The first-order valence-electron chi connectivity index (χ1n) is 30.5. The van der Waals surface area contributed by atoms with Gasteiger partial charge in [-0.25, -0.2) is 61.4 Å². The zero-order valence-corrected chi connectivity index (χ0v) is 51.8. The maximum atomic E-state index is 14.0. The van der Waals surface area contributed by atoms with E-state index in [1.807, 2.05) is 71.9 Å². The van der Waals surface area contributed by atoms with Crippen molar-refractivity contribution in [1.29, 1.82) is 5.26 Å². The quantitative estimate of drug-likeness (QED) is 0.111. The number of fused-ring (bicyclic) bond motifs is 6. The lowest BCUT2D eigenvalue weighted by Crippen LogP contribution is -2.42. The SMILES string of the molecule is Cn1cc(NC(=O)c2nc3cccnn3c2-c2ccc(Cl)c(F)c2)cn1.N#Cc1ccc(-c2c(C(=O)NC3CC3)nc3cccnn23)cn1.O=C(NC1CC1)c1nc2cccnn2c1-c1ccc2ncnn2c1.O=C(c1nc2cccnn2c1-c1ccc2ccnn2c1)N1CCC1. The number of imidazole rings is 4. The van der Waals surface area contributed by atoms with Gasteiger partial charge in [-0.15, -0.1) is 0 Å². The van der Waals surface area contributed by atoms with E-state index in [1.54, 1.807) is 126 Å². The maximum absolute atomic E-state index is 14.0. The summed E-state index contributed by atoms with van der Waals surface area (Å²) in [5, 5.41) is 47.2. The Balaban J connectivity index is 0.000000106. The highest BCUT2D eigenvalue weighted by molar-refractivity contribution is 6.30. The van der Waals surface area contributed by atoms with Crippen molar-refractivity contribution in [2.45, 2.75) is 44.2 Å². The molecule has 0 bridgehead atoms. The van der Waals surface area contributed by atoms with Gasteiger partial charge in [-0.1, -0.05) is 17.7 Å². The van der Waals surface area contributed by atoms with E-state index in [1.165, 1.54) is 29.2 Å². The van der Waals surface area contributed by atoms with Gasteiger partial charge in [0.05, 0.1) is 22.4 Å². The second kappa shape index (κ2) is 25.5. The highest BCUT2D eigenvalue weighted by Crippen LogP contribution is 2.32. The number of hydrogen-bond acceptors (Lipinski definition) is 18. The number of likely N-dealkylation sites (tertiary alicyclic amines) is 1. The Labute approximate surface area is 551 Å². The predicted octanol–water partition coefficient (Wildman–Crippen LogP) is 7.95. The van der Waals surface area contributed by atoms with Crippen LogP contribution in [0.5, 0.6) is 0 Å². The molecule has 1 aromatic carbocycles. The maximum Gasteiger partial charge on any atom is 0.276 e. The zero-order chi connectivity index (χ0) is 66.3. The average molecular weight is 1310 g/mol. The van der Waals surface area contributed by atoms with Gasteiger partial charge in [-0.05, 0) is 135 Å². The molecule has 31 heteroatoms. The first-order chi connectivity index (χ1) is 47.4. The topological polar surface area (TPSA) is 330 Å². The Morgan fingerprint density at radius 3 is 1.58 bits per heavy atom. The van der Waals surface area contributed by atoms with Gasteiger partial charge in [0.2, 0.25) is 0 Å². The summed E-state index contributed by atoms with van der Waals surface area (Å²) in [4.78, 5) is 78.5. The number of anilines is 1. The molecule has 0 atom stereocenters. The van der Waals surface area contributed by atoms with E-state index in [9.17, 15) is 23.6 Å². The van der Waals surface area contributed by atoms with Crippen LogP contribution in [0.4, 0.5) is 10.1 Å².